The maximum Gasteiger partial charge on any atom is 0.417 e. The Bertz CT molecular complexity index is 358. The van der Waals surface area contributed by atoms with Crippen molar-refractivity contribution in [3.05, 3.63) is 0 Å². The SMILES string of the molecule is COC(=O)C1CCN(C(=O)OC(C)(C)C)C(=O)C1. The van der Waals surface area contributed by atoms with E-state index in [0.717, 1.165) is 4.90 Å². The number of hydrogen-bond acceptors (Lipinski definition) is 5. The summed E-state index contributed by atoms with van der Waals surface area (Å²) in [4.78, 5) is 35.9. The van der Waals surface area contributed by atoms with E-state index >= 15 is 0 Å². The smallest absolute Gasteiger partial charge is 0.417 e. The molecule has 0 spiro atoms. The number of amides is 2. The molecule has 0 aromatic rings. The van der Waals surface area contributed by atoms with Gasteiger partial charge in [-0.1, -0.05) is 0 Å². The Kier molecular flexibility index (Phi) is 4.32. The van der Waals surface area contributed by atoms with Crippen LogP contribution >= 0.6 is 0 Å². The highest BCUT2D eigenvalue weighted by Crippen LogP contribution is 2.21. The van der Waals surface area contributed by atoms with Crippen LogP contribution in [0.1, 0.15) is 33.6 Å². The third kappa shape index (κ3) is 3.72. The van der Waals surface area contributed by atoms with Gasteiger partial charge in [-0.25, -0.2) is 9.69 Å². The van der Waals surface area contributed by atoms with E-state index in [1.54, 1.807) is 20.8 Å². The molecule has 2 amide bonds. The third-order valence-electron chi connectivity index (χ3n) is 2.57. The molecule has 1 atom stereocenters. The molecule has 6 heteroatoms. The van der Waals surface area contributed by atoms with E-state index in [9.17, 15) is 14.4 Å². The molecule has 0 N–H and O–H groups in total. The van der Waals surface area contributed by atoms with Crippen LogP contribution in [0.3, 0.4) is 0 Å². The minimum absolute atomic E-state index is 0.00802. The number of methoxy groups -OCH3 is 1. The van der Waals surface area contributed by atoms with E-state index in [1.807, 2.05) is 0 Å². The number of hydrogen-bond donors (Lipinski definition) is 0. The molecular formula is C12H19NO5. The van der Waals surface area contributed by atoms with Crippen molar-refractivity contribution in [2.24, 2.45) is 5.92 Å². The monoisotopic (exact) mass is 257 g/mol. The zero-order chi connectivity index (χ0) is 13.9. The molecule has 18 heavy (non-hydrogen) atoms. The molecule has 1 unspecified atom stereocenters. The summed E-state index contributed by atoms with van der Waals surface area (Å²) >= 11 is 0. The molecule has 0 aromatic carbocycles. The van der Waals surface area contributed by atoms with Gasteiger partial charge < -0.3 is 9.47 Å². The lowest BCUT2D eigenvalue weighted by atomic mass is 9.97. The van der Waals surface area contributed by atoms with Crippen molar-refractivity contribution in [3.63, 3.8) is 0 Å². The summed E-state index contributed by atoms with van der Waals surface area (Å²) in [6.45, 7) is 5.39. The first kappa shape index (κ1) is 14.5. The quantitative estimate of drug-likeness (QED) is 0.663. The van der Waals surface area contributed by atoms with Crippen molar-refractivity contribution in [1.82, 2.24) is 4.90 Å². The topological polar surface area (TPSA) is 72.9 Å². The van der Waals surface area contributed by atoms with Gasteiger partial charge in [-0.15, -0.1) is 0 Å². The number of carbonyl (C=O) groups excluding carboxylic acids is 3. The van der Waals surface area contributed by atoms with E-state index in [1.165, 1.54) is 7.11 Å². The van der Waals surface area contributed by atoms with Gasteiger partial charge in [-0.2, -0.15) is 0 Å². The molecule has 0 aliphatic carbocycles. The van der Waals surface area contributed by atoms with Gasteiger partial charge in [0, 0.05) is 13.0 Å². The largest absolute Gasteiger partial charge is 0.469 e. The van der Waals surface area contributed by atoms with Gasteiger partial charge in [0.1, 0.15) is 5.60 Å². The highest BCUT2D eigenvalue weighted by Gasteiger charge is 2.36. The fourth-order valence-electron chi connectivity index (χ4n) is 1.71. The fraction of sp³-hybridized carbons (Fsp3) is 0.750. The summed E-state index contributed by atoms with van der Waals surface area (Å²) in [6, 6.07) is 0. The van der Waals surface area contributed by atoms with Gasteiger partial charge >= 0.3 is 12.1 Å². The Labute approximate surface area is 106 Å². The fourth-order valence-corrected chi connectivity index (χ4v) is 1.71. The molecule has 1 aliphatic heterocycles. The van der Waals surface area contributed by atoms with Gasteiger partial charge in [0.05, 0.1) is 13.0 Å². The van der Waals surface area contributed by atoms with E-state index in [2.05, 4.69) is 4.74 Å². The number of nitrogens with zero attached hydrogens (tertiary/aromatic N) is 1. The first-order valence-electron chi connectivity index (χ1n) is 5.86. The van der Waals surface area contributed by atoms with Gasteiger partial charge in [0.2, 0.25) is 5.91 Å². The van der Waals surface area contributed by atoms with E-state index in [0.29, 0.717) is 6.42 Å². The molecule has 0 radical (unpaired) electrons. The average molecular weight is 257 g/mol. The van der Waals surface area contributed by atoms with Crippen molar-refractivity contribution in [3.8, 4) is 0 Å². The maximum absolute atomic E-state index is 11.8. The standard InChI is InChI=1S/C12H19NO5/c1-12(2,3)18-11(16)13-6-5-8(7-9(13)14)10(15)17-4/h8H,5-7H2,1-4H3. The Balaban J connectivity index is 2.60. The van der Waals surface area contributed by atoms with Crippen LogP contribution in [0.2, 0.25) is 0 Å². The molecule has 1 saturated heterocycles. The first-order valence-corrected chi connectivity index (χ1v) is 5.86. The van der Waals surface area contributed by atoms with Crippen molar-refractivity contribution in [1.29, 1.82) is 0 Å². The zero-order valence-electron chi connectivity index (χ0n) is 11.2. The molecule has 1 fully saturated rings. The van der Waals surface area contributed by atoms with Crippen LogP contribution in [0.25, 0.3) is 0 Å². The van der Waals surface area contributed by atoms with E-state index < -0.39 is 29.5 Å². The van der Waals surface area contributed by atoms with Crippen molar-refractivity contribution >= 4 is 18.0 Å². The molecule has 1 heterocycles. The van der Waals surface area contributed by atoms with Crippen LogP contribution in [0.15, 0.2) is 0 Å². The maximum atomic E-state index is 11.8. The number of esters is 1. The second-order valence-corrected chi connectivity index (χ2v) is 5.24. The lowest BCUT2D eigenvalue weighted by molar-refractivity contribution is -0.151. The normalized spacial score (nSPS) is 20.6. The molecule has 1 rings (SSSR count). The van der Waals surface area contributed by atoms with Crippen molar-refractivity contribution in [2.45, 2.75) is 39.2 Å². The molecular weight excluding hydrogens is 238 g/mol. The zero-order valence-corrected chi connectivity index (χ0v) is 11.2. The summed E-state index contributed by atoms with van der Waals surface area (Å²) in [5.41, 5.74) is -0.642. The van der Waals surface area contributed by atoms with Crippen LogP contribution in [0, 0.1) is 5.92 Å². The molecule has 0 bridgehead atoms. The number of carbonyl (C=O) groups is 3. The summed E-state index contributed by atoms with van der Waals surface area (Å²) < 4.78 is 9.71. The van der Waals surface area contributed by atoms with Gasteiger partial charge in [0.15, 0.2) is 0 Å². The Morgan fingerprint density at radius 3 is 2.39 bits per heavy atom. The van der Waals surface area contributed by atoms with E-state index in [-0.39, 0.29) is 13.0 Å². The second kappa shape index (κ2) is 5.37. The number of rotatable bonds is 1. The minimum atomic E-state index is -0.657. The molecule has 0 saturated carbocycles. The number of ether oxygens (including phenoxy) is 2. The minimum Gasteiger partial charge on any atom is -0.469 e. The number of piperidine rings is 1. The second-order valence-electron chi connectivity index (χ2n) is 5.24. The van der Waals surface area contributed by atoms with Crippen molar-refractivity contribution in [2.75, 3.05) is 13.7 Å². The van der Waals surface area contributed by atoms with Crippen LogP contribution in [-0.4, -0.2) is 42.1 Å². The van der Waals surface area contributed by atoms with Gasteiger partial charge in [0.25, 0.3) is 0 Å². The summed E-state index contributed by atoms with van der Waals surface area (Å²) in [5.74, 6) is -1.26. The molecule has 1 aliphatic rings. The van der Waals surface area contributed by atoms with E-state index in [4.69, 9.17) is 4.74 Å². The lowest BCUT2D eigenvalue weighted by Crippen LogP contribution is -2.46. The Morgan fingerprint density at radius 1 is 1.33 bits per heavy atom. The highest BCUT2D eigenvalue weighted by molar-refractivity contribution is 5.94. The lowest BCUT2D eigenvalue weighted by Gasteiger charge is -2.30. The Morgan fingerprint density at radius 2 is 1.94 bits per heavy atom. The summed E-state index contributed by atoms with van der Waals surface area (Å²) in [6.07, 6.45) is -0.250. The predicted molar refractivity (Wildman–Crippen MR) is 62.7 cm³/mol. The summed E-state index contributed by atoms with van der Waals surface area (Å²) in [5, 5.41) is 0. The molecule has 0 aromatic heterocycles. The highest BCUT2D eigenvalue weighted by atomic mass is 16.6. The third-order valence-corrected chi connectivity index (χ3v) is 2.57. The first-order chi connectivity index (χ1) is 8.24. The number of likely N-dealkylation sites (tertiary alicyclic amines) is 1. The van der Waals surface area contributed by atoms with Gasteiger partial charge in [-0.3, -0.25) is 9.59 Å². The Hall–Kier alpha value is -1.59. The van der Waals surface area contributed by atoms with Crippen LogP contribution < -0.4 is 0 Å². The summed E-state index contributed by atoms with van der Waals surface area (Å²) in [7, 11) is 1.28. The van der Waals surface area contributed by atoms with Gasteiger partial charge in [-0.05, 0) is 27.2 Å². The number of imide groups is 1. The predicted octanol–water partition coefficient (Wildman–Crippen LogP) is 1.33. The molecule has 6 nitrogen and oxygen atoms in total. The van der Waals surface area contributed by atoms with Crippen LogP contribution in [0.4, 0.5) is 4.79 Å². The van der Waals surface area contributed by atoms with Crippen molar-refractivity contribution < 1.29 is 23.9 Å². The van der Waals surface area contributed by atoms with Crippen LogP contribution in [0.5, 0.6) is 0 Å². The molecule has 102 valence electrons. The van der Waals surface area contributed by atoms with Crippen LogP contribution in [-0.2, 0) is 19.1 Å². The average Bonchev–Trinajstić information content (AvgIpc) is 2.25.